The first-order valence-electron chi connectivity index (χ1n) is 1.78. The zero-order valence-electron chi connectivity index (χ0n) is 3.57. The zero-order chi connectivity index (χ0) is 5.28. The van der Waals surface area contributed by atoms with Gasteiger partial charge in [-0.3, -0.25) is 0 Å². The molecule has 0 saturated heterocycles. The maximum Gasteiger partial charge on any atom is 0.145 e. The smallest absolute Gasteiger partial charge is 0.145 e. The van der Waals surface area contributed by atoms with Crippen LogP contribution in [0, 0.1) is 0 Å². The van der Waals surface area contributed by atoms with E-state index in [9.17, 15) is 0 Å². The Morgan fingerprint density at radius 1 is 1.86 bits per heavy atom. The van der Waals surface area contributed by atoms with Crippen molar-refractivity contribution in [1.29, 1.82) is 0 Å². The predicted octanol–water partition coefficient (Wildman–Crippen LogP) is -0.297. The summed E-state index contributed by atoms with van der Waals surface area (Å²) in [6.07, 6.45) is 2.52. The summed E-state index contributed by atoms with van der Waals surface area (Å²) in [6, 6.07) is 0. The van der Waals surface area contributed by atoms with E-state index in [1.165, 1.54) is 12.5 Å². The van der Waals surface area contributed by atoms with Crippen molar-refractivity contribution in [3.8, 4) is 0 Å². The summed E-state index contributed by atoms with van der Waals surface area (Å²) < 4.78 is 0.801. The van der Waals surface area contributed by atoms with E-state index in [1.54, 1.807) is 0 Å². The molecule has 1 aromatic heterocycles. The highest BCUT2D eigenvalue weighted by Crippen LogP contribution is 1.90. The van der Waals surface area contributed by atoms with Gasteiger partial charge in [0.15, 0.2) is 0 Å². The molecular weight excluding hydrogens is 94.1 g/mol. The molecule has 0 bridgehead atoms. The fourth-order valence-corrected chi connectivity index (χ4v) is 0.328. The molecule has 1 aromatic rings. The van der Waals surface area contributed by atoms with E-state index in [2.05, 4.69) is 4.98 Å². The summed E-state index contributed by atoms with van der Waals surface area (Å²) in [7, 11) is 0. The molecule has 1 heterocycles. The lowest BCUT2D eigenvalue weighted by Gasteiger charge is -1.78. The molecule has 0 aromatic carbocycles. The first-order chi connectivity index (χ1) is 3.29. The van der Waals surface area contributed by atoms with Crippen LogP contribution in [0.25, 0.3) is 0 Å². The molecule has 0 saturated carbocycles. The van der Waals surface area contributed by atoms with E-state index in [0.29, 0.717) is 5.82 Å². The Balaban J connectivity index is 3.04. The third-order valence-electron chi connectivity index (χ3n) is 0.590. The molecule has 0 amide bonds. The summed E-state index contributed by atoms with van der Waals surface area (Å²) in [5.74, 6) is 0.322. The van der Waals surface area contributed by atoms with Crippen molar-refractivity contribution in [2.45, 2.75) is 0 Å². The molecular formula is C3H5N3O. The van der Waals surface area contributed by atoms with Crippen LogP contribution in [0.5, 0.6) is 0 Å². The van der Waals surface area contributed by atoms with Crippen molar-refractivity contribution >= 4 is 5.82 Å². The number of rotatable bonds is 0. The summed E-state index contributed by atoms with van der Waals surface area (Å²) >= 11 is 0. The van der Waals surface area contributed by atoms with E-state index >= 15 is 0 Å². The van der Waals surface area contributed by atoms with Gasteiger partial charge in [0.2, 0.25) is 0 Å². The Morgan fingerprint density at radius 2 is 2.57 bits per heavy atom. The second kappa shape index (κ2) is 1.14. The molecule has 0 radical (unpaired) electrons. The van der Waals surface area contributed by atoms with Crippen molar-refractivity contribution < 1.29 is 5.21 Å². The predicted molar refractivity (Wildman–Crippen MR) is 23.8 cm³/mol. The lowest BCUT2D eigenvalue weighted by Crippen LogP contribution is -1.82. The fraction of sp³-hybridized carbons (Fsp3) is 0. The molecule has 0 atom stereocenters. The van der Waals surface area contributed by atoms with Gasteiger partial charge in [-0.05, 0) is 0 Å². The van der Waals surface area contributed by atoms with Crippen LogP contribution in [0.1, 0.15) is 0 Å². The SMILES string of the molecule is Nc1cn(O)cn1. The van der Waals surface area contributed by atoms with E-state index in [4.69, 9.17) is 10.9 Å². The first-order valence-corrected chi connectivity index (χ1v) is 1.78. The van der Waals surface area contributed by atoms with Crippen LogP contribution in [0.15, 0.2) is 12.5 Å². The molecule has 0 spiro atoms. The standard InChI is InChI=1S/C3H5N3O/c4-3-1-6(7)2-5-3/h1-2,7H,4H2. The number of hydrogen-bond donors (Lipinski definition) is 2. The molecule has 0 aliphatic heterocycles. The molecule has 0 fully saturated rings. The lowest BCUT2D eigenvalue weighted by atomic mass is 10.8. The Morgan fingerprint density at radius 3 is 2.71 bits per heavy atom. The normalized spacial score (nSPS) is 9.14. The minimum Gasteiger partial charge on any atom is -0.427 e. The number of nitrogen functional groups attached to an aromatic ring is 1. The van der Waals surface area contributed by atoms with Crippen molar-refractivity contribution in [2.75, 3.05) is 5.73 Å². The number of imidazole rings is 1. The molecule has 1 rings (SSSR count). The summed E-state index contributed by atoms with van der Waals surface area (Å²) in [5.41, 5.74) is 5.09. The second-order valence-electron chi connectivity index (χ2n) is 1.18. The van der Waals surface area contributed by atoms with Gasteiger partial charge >= 0.3 is 0 Å². The Hall–Kier alpha value is -1.19. The number of nitrogens with two attached hydrogens (primary N) is 1. The van der Waals surface area contributed by atoms with Crippen LogP contribution < -0.4 is 5.73 Å². The van der Waals surface area contributed by atoms with E-state index in [-0.39, 0.29) is 0 Å². The monoisotopic (exact) mass is 99.0 g/mol. The van der Waals surface area contributed by atoms with Crippen LogP contribution in [0.4, 0.5) is 5.82 Å². The molecule has 0 unspecified atom stereocenters. The topological polar surface area (TPSA) is 64.1 Å². The Kier molecular flexibility index (Phi) is 0.651. The highest BCUT2D eigenvalue weighted by molar-refractivity contribution is 5.21. The Labute approximate surface area is 40.2 Å². The van der Waals surface area contributed by atoms with Gasteiger partial charge in [0.1, 0.15) is 12.1 Å². The van der Waals surface area contributed by atoms with Crippen LogP contribution in [-0.2, 0) is 0 Å². The summed E-state index contributed by atoms with van der Waals surface area (Å²) in [6.45, 7) is 0. The number of hydrogen-bond acceptors (Lipinski definition) is 3. The van der Waals surface area contributed by atoms with Gasteiger partial charge < -0.3 is 10.9 Å². The molecule has 0 aliphatic carbocycles. The van der Waals surface area contributed by atoms with Crippen LogP contribution >= 0.6 is 0 Å². The fourth-order valence-electron chi connectivity index (χ4n) is 0.328. The first kappa shape index (κ1) is 3.98. The maximum absolute atomic E-state index is 8.43. The van der Waals surface area contributed by atoms with Crippen LogP contribution in [-0.4, -0.2) is 14.9 Å². The minimum atomic E-state index is 0.322. The minimum absolute atomic E-state index is 0.322. The van der Waals surface area contributed by atoms with Gasteiger partial charge in [-0.1, -0.05) is 0 Å². The average molecular weight is 99.1 g/mol. The molecule has 4 heteroatoms. The van der Waals surface area contributed by atoms with E-state index < -0.39 is 0 Å². The summed E-state index contributed by atoms with van der Waals surface area (Å²) in [5, 5.41) is 8.43. The van der Waals surface area contributed by atoms with Crippen LogP contribution in [0.2, 0.25) is 0 Å². The molecule has 0 aliphatic rings. The van der Waals surface area contributed by atoms with Crippen molar-refractivity contribution in [2.24, 2.45) is 0 Å². The number of nitrogens with zero attached hydrogens (tertiary/aromatic N) is 2. The molecule has 38 valence electrons. The van der Waals surface area contributed by atoms with Gasteiger partial charge in [0.05, 0.1) is 6.20 Å². The van der Waals surface area contributed by atoms with Gasteiger partial charge in [0.25, 0.3) is 0 Å². The lowest BCUT2D eigenvalue weighted by molar-refractivity contribution is 0.186. The van der Waals surface area contributed by atoms with Gasteiger partial charge in [-0.25, -0.2) is 4.98 Å². The Bertz CT molecular complexity index is 142. The van der Waals surface area contributed by atoms with Crippen molar-refractivity contribution in [3.05, 3.63) is 12.5 Å². The highest BCUT2D eigenvalue weighted by atomic mass is 16.5. The quantitative estimate of drug-likeness (QED) is 0.439. The highest BCUT2D eigenvalue weighted by Gasteiger charge is 1.84. The number of anilines is 1. The summed E-state index contributed by atoms with van der Waals surface area (Å²) in [4.78, 5) is 3.51. The third kappa shape index (κ3) is 0.623. The van der Waals surface area contributed by atoms with Gasteiger partial charge in [-0.2, -0.15) is 4.73 Å². The van der Waals surface area contributed by atoms with E-state index in [1.807, 2.05) is 0 Å². The van der Waals surface area contributed by atoms with Gasteiger partial charge in [-0.15, -0.1) is 0 Å². The third-order valence-corrected chi connectivity index (χ3v) is 0.590. The molecule has 7 heavy (non-hydrogen) atoms. The molecule has 3 N–H and O–H groups in total. The van der Waals surface area contributed by atoms with Crippen LogP contribution in [0.3, 0.4) is 0 Å². The second-order valence-corrected chi connectivity index (χ2v) is 1.18. The van der Waals surface area contributed by atoms with E-state index in [0.717, 1.165) is 4.73 Å². The maximum atomic E-state index is 8.43. The largest absolute Gasteiger partial charge is 0.427 e. The zero-order valence-corrected chi connectivity index (χ0v) is 3.57. The van der Waals surface area contributed by atoms with Gasteiger partial charge in [0, 0.05) is 0 Å². The average Bonchev–Trinajstić information content (AvgIpc) is 1.87. The molecule has 4 nitrogen and oxygen atoms in total. The van der Waals surface area contributed by atoms with Crippen molar-refractivity contribution in [3.63, 3.8) is 0 Å². The van der Waals surface area contributed by atoms with Crippen molar-refractivity contribution in [1.82, 2.24) is 9.71 Å². The number of aromatic nitrogens is 2.